The van der Waals surface area contributed by atoms with E-state index in [2.05, 4.69) is 25.3 Å². The Hall–Kier alpha value is -2.33. The predicted molar refractivity (Wildman–Crippen MR) is 83.3 cm³/mol. The summed E-state index contributed by atoms with van der Waals surface area (Å²) < 4.78 is 6.04. The Morgan fingerprint density at radius 1 is 1.43 bits per heavy atom. The first-order valence-electron chi connectivity index (χ1n) is 6.65. The quantitative estimate of drug-likeness (QED) is 0.708. The van der Waals surface area contributed by atoms with Gasteiger partial charge in [-0.2, -0.15) is 0 Å². The molecule has 3 heterocycles. The molecule has 3 aromatic heterocycles. The molecule has 8 nitrogen and oxygen atoms in total. The van der Waals surface area contributed by atoms with Crippen LogP contribution in [0.1, 0.15) is 32.6 Å². The molecule has 1 aliphatic carbocycles. The monoisotopic (exact) mass is 346 g/mol. The number of amides is 1. The number of carbonyl (C=O) groups is 1. The van der Waals surface area contributed by atoms with Crippen molar-refractivity contribution in [2.45, 2.75) is 16.7 Å². The van der Waals surface area contributed by atoms with Crippen molar-refractivity contribution in [2.24, 2.45) is 5.73 Å². The third-order valence-corrected chi connectivity index (χ3v) is 5.64. The number of hydrogen-bond acceptors (Lipinski definition) is 9. The molecule has 1 amide bonds. The van der Waals surface area contributed by atoms with E-state index in [4.69, 9.17) is 10.3 Å². The Balaban J connectivity index is 1.93. The summed E-state index contributed by atoms with van der Waals surface area (Å²) in [5, 5.41) is 13.2. The molecule has 0 saturated heterocycles. The van der Waals surface area contributed by atoms with Crippen molar-refractivity contribution in [3.63, 3.8) is 0 Å². The first-order valence-corrected chi connectivity index (χ1v) is 8.69. The van der Waals surface area contributed by atoms with Gasteiger partial charge in [-0.3, -0.25) is 4.79 Å². The molecule has 0 saturated carbocycles. The van der Waals surface area contributed by atoms with Gasteiger partial charge in [-0.15, -0.1) is 10.2 Å². The molecule has 4 rings (SSSR count). The first kappa shape index (κ1) is 14.3. The lowest BCUT2D eigenvalue weighted by molar-refractivity contribution is 0.0963. The highest BCUT2D eigenvalue weighted by atomic mass is 32.2. The topological polar surface area (TPSA) is 121 Å². The predicted octanol–water partition coefficient (Wildman–Crippen LogP) is 1.49. The van der Waals surface area contributed by atoms with Gasteiger partial charge < -0.3 is 10.3 Å². The zero-order valence-electron chi connectivity index (χ0n) is 11.9. The van der Waals surface area contributed by atoms with Crippen molar-refractivity contribution in [3.8, 4) is 11.4 Å². The third kappa shape index (κ3) is 2.21. The van der Waals surface area contributed by atoms with Crippen LogP contribution >= 0.6 is 23.1 Å². The second-order valence-electron chi connectivity index (χ2n) is 4.90. The molecule has 0 bridgehead atoms. The number of fused-ring (bicyclic) bond motifs is 3. The maximum atomic E-state index is 11.7. The lowest BCUT2D eigenvalue weighted by Crippen LogP contribution is -2.19. The van der Waals surface area contributed by atoms with Crippen molar-refractivity contribution in [1.29, 1.82) is 0 Å². The van der Waals surface area contributed by atoms with Gasteiger partial charge >= 0.3 is 0 Å². The van der Waals surface area contributed by atoms with E-state index < -0.39 is 5.91 Å². The Morgan fingerprint density at radius 2 is 2.30 bits per heavy atom. The Labute approximate surface area is 138 Å². The zero-order chi connectivity index (χ0) is 16.0. The molecular weight excluding hydrogens is 336 g/mol. The van der Waals surface area contributed by atoms with Gasteiger partial charge in [-0.25, -0.2) is 9.97 Å². The zero-order valence-corrected chi connectivity index (χ0v) is 13.5. The Kier molecular flexibility index (Phi) is 3.34. The third-order valence-electron chi connectivity index (χ3n) is 3.63. The van der Waals surface area contributed by atoms with Crippen molar-refractivity contribution < 1.29 is 9.32 Å². The van der Waals surface area contributed by atoms with Crippen LogP contribution in [0, 0.1) is 0 Å². The molecule has 2 N–H and O–H groups in total. The smallest absolute Gasteiger partial charge is 0.287 e. The fourth-order valence-corrected chi connectivity index (χ4v) is 4.06. The largest absolute Gasteiger partial charge is 0.363 e. The van der Waals surface area contributed by atoms with E-state index in [1.165, 1.54) is 29.4 Å². The summed E-state index contributed by atoms with van der Waals surface area (Å²) in [7, 11) is 0. The average Bonchev–Trinajstić information content (AvgIpc) is 3.21. The van der Waals surface area contributed by atoms with Gasteiger partial charge in [-0.1, -0.05) is 28.3 Å². The number of rotatable bonds is 3. The molecule has 23 heavy (non-hydrogen) atoms. The molecule has 1 atom stereocenters. The van der Waals surface area contributed by atoms with Gasteiger partial charge in [0.05, 0.1) is 5.69 Å². The Bertz CT molecular complexity index is 906. The van der Waals surface area contributed by atoms with Gasteiger partial charge in [0.15, 0.2) is 4.34 Å². The van der Waals surface area contributed by atoms with Crippen LogP contribution in [0.25, 0.3) is 11.4 Å². The summed E-state index contributed by atoms with van der Waals surface area (Å²) in [4.78, 5) is 20.0. The van der Waals surface area contributed by atoms with Crippen molar-refractivity contribution >= 4 is 29.0 Å². The summed E-state index contributed by atoms with van der Waals surface area (Å²) in [6.07, 6.45) is 5.72. The minimum absolute atomic E-state index is 0.0511. The van der Waals surface area contributed by atoms with Crippen LogP contribution in [0.5, 0.6) is 0 Å². The lowest BCUT2D eigenvalue weighted by atomic mass is 9.84. The number of carbonyl (C=O) groups excluding carboxylic acids is 1. The van der Waals surface area contributed by atoms with Gasteiger partial charge in [0.25, 0.3) is 5.91 Å². The van der Waals surface area contributed by atoms with Crippen molar-refractivity contribution in [2.75, 3.05) is 6.26 Å². The lowest BCUT2D eigenvalue weighted by Gasteiger charge is -2.20. The highest BCUT2D eigenvalue weighted by molar-refractivity contribution is 8.00. The van der Waals surface area contributed by atoms with E-state index in [9.17, 15) is 4.79 Å². The van der Waals surface area contributed by atoms with Crippen LogP contribution in [0.3, 0.4) is 0 Å². The van der Waals surface area contributed by atoms with Crippen LogP contribution in [0.15, 0.2) is 21.4 Å². The molecular formula is C13H10N6O2S2. The highest BCUT2D eigenvalue weighted by Gasteiger charge is 2.37. The number of nitrogens with two attached hydrogens (primary N) is 1. The van der Waals surface area contributed by atoms with Crippen LogP contribution < -0.4 is 5.73 Å². The summed E-state index contributed by atoms with van der Waals surface area (Å²) in [6, 6.07) is 0. The Morgan fingerprint density at radius 3 is 3.04 bits per heavy atom. The molecule has 0 aromatic carbocycles. The molecule has 10 heteroatoms. The molecule has 0 aliphatic heterocycles. The van der Waals surface area contributed by atoms with Crippen LogP contribution in [-0.2, 0) is 6.42 Å². The summed E-state index contributed by atoms with van der Waals surface area (Å²) in [5.41, 5.74) is 8.18. The molecule has 1 aliphatic rings. The fourth-order valence-electron chi connectivity index (χ4n) is 2.67. The van der Waals surface area contributed by atoms with Gasteiger partial charge in [0.1, 0.15) is 17.0 Å². The molecule has 116 valence electrons. The standard InChI is InChI=1S/C13H10N6O2S2/c1-22-13-18-17-12(23-13)6-2-5-3-15-4-16-8(5)9-7(6)10(11(14)20)21-19-9/h3-4,6H,2H2,1H3,(H2,14,20). The van der Waals surface area contributed by atoms with Crippen LogP contribution in [0.2, 0.25) is 0 Å². The summed E-state index contributed by atoms with van der Waals surface area (Å²) in [5.74, 6) is -0.804. The summed E-state index contributed by atoms with van der Waals surface area (Å²) >= 11 is 3.00. The van der Waals surface area contributed by atoms with Crippen LogP contribution in [0.4, 0.5) is 0 Å². The van der Waals surface area contributed by atoms with E-state index >= 15 is 0 Å². The van der Waals surface area contributed by atoms with E-state index in [-0.39, 0.29) is 11.7 Å². The maximum Gasteiger partial charge on any atom is 0.287 e. The second kappa shape index (κ2) is 5.39. The SMILES string of the molecule is CSc1nnc(C2Cc3cncnc3-c3noc(C(N)=O)c32)s1. The number of hydrogen-bond donors (Lipinski definition) is 1. The second-order valence-corrected chi connectivity index (χ2v) is 6.96. The fraction of sp³-hybridized carbons (Fsp3) is 0.231. The molecule has 3 aromatic rings. The number of thioether (sulfide) groups is 1. The van der Waals surface area contributed by atoms with Crippen LogP contribution in [-0.4, -0.2) is 37.5 Å². The number of aromatic nitrogens is 5. The normalized spacial score (nSPS) is 16.0. The first-order chi connectivity index (χ1) is 11.2. The molecule has 0 spiro atoms. The van der Waals surface area contributed by atoms with E-state index in [0.29, 0.717) is 23.4 Å². The molecule has 0 fully saturated rings. The van der Waals surface area contributed by atoms with Crippen molar-refractivity contribution in [3.05, 3.63) is 34.4 Å². The van der Waals surface area contributed by atoms with E-state index in [1.807, 2.05) is 6.26 Å². The van der Waals surface area contributed by atoms with Crippen molar-refractivity contribution in [1.82, 2.24) is 25.3 Å². The molecule has 0 radical (unpaired) electrons. The maximum absolute atomic E-state index is 11.7. The minimum Gasteiger partial charge on any atom is -0.363 e. The highest BCUT2D eigenvalue weighted by Crippen LogP contribution is 2.43. The molecule has 1 unspecified atom stereocenters. The minimum atomic E-state index is -0.657. The van der Waals surface area contributed by atoms with Gasteiger partial charge in [0, 0.05) is 17.7 Å². The number of nitrogens with zero attached hydrogens (tertiary/aromatic N) is 5. The van der Waals surface area contributed by atoms with Gasteiger partial charge in [0.2, 0.25) is 5.76 Å². The van der Waals surface area contributed by atoms with E-state index in [0.717, 1.165) is 14.9 Å². The number of primary amides is 1. The van der Waals surface area contributed by atoms with Gasteiger partial charge in [-0.05, 0) is 18.2 Å². The van der Waals surface area contributed by atoms with E-state index in [1.54, 1.807) is 6.20 Å². The summed E-state index contributed by atoms with van der Waals surface area (Å²) in [6.45, 7) is 0. The average molecular weight is 346 g/mol.